The minimum atomic E-state index is 0.880. The third-order valence-corrected chi connectivity index (χ3v) is 11.9. The Kier molecular flexibility index (Phi) is 5.86. The van der Waals surface area contributed by atoms with E-state index >= 15 is 0 Å². The van der Waals surface area contributed by atoms with Crippen LogP contribution >= 0.6 is 0 Å². The number of benzene rings is 9. The molecule has 0 aliphatic rings. The average Bonchev–Trinajstić information content (AvgIpc) is 4.01. The van der Waals surface area contributed by atoms with Gasteiger partial charge in [-0.05, 0) is 77.2 Å². The van der Waals surface area contributed by atoms with Gasteiger partial charge in [0.25, 0.3) is 0 Å². The lowest BCUT2D eigenvalue weighted by Crippen LogP contribution is -1.97. The monoisotopic (exact) mass is 714 g/mol. The fourth-order valence-corrected chi connectivity index (χ4v) is 9.51. The first-order valence-corrected chi connectivity index (χ1v) is 19.1. The molecule has 13 aromatic rings. The summed E-state index contributed by atoms with van der Waals surface area (Å²) < 4.78 is 18.4. The maximum atomic E-state index is 6.83. The molecule has 0 atom stereocenters. The summed E-state index contributed by atoms with van der Waals surface area (Å²) in [5.74, 6) is 0. The molecular weight excluding hydrogens is 685 g/mol. The molecule has 0 saturated heterocycles. The number of para-hydroxylation sites is 5. The molecule has 4 nitrogen and oxygen atoms in total. The predicted octanol–water partition coefficient (Wildman–Crippen LogP) is 14.5. The van der Waals surface area contributed by atoms with Gasteiger partial charge in [0.15, 0.2) is 11.2 Å². The molecule has 0 aliphatic carbocycles. The normalized spacial score (nSPS) is 12.3. The van der Waals surface area contributed by atoms with Crippen molar-refractivity contribution in [3.05, 3.63) is 182 Å². The van der Waals surface area contributed by atoms with E-state index in [0.717, 1.165) is 88.4 Å². The first kappa shape index (κ1) is 29.8. The summed E-state index contributed by atoms with van der Waals surface area (Å²) >= 11 is 0. The van der Waals surface area contributed by atoms with Gasteiger partial charge in [-0.25, -0.2) is 0 Å². The first-order valence-electron chi connectivity index (χ1n) is 19.1. The van der Waals surface area contributed by atoms with Crippen LogP contribution < -0.4 is 0 Å². The lowest BCUT2D eigenvalue weighted by Gasteiger charge is -2.16. The summed E-state index contributed by atoms with van der Waals surface area (Å²) in [5, 5.41) is 11.5. The first-order chi connectivity index (χ1) is 27.8. The Morgan fingerprint density at radius 2 is 0.929 bits per heavy atom. The van der Waals surface area contributed by atoms with Crippen molar-refractivity contribution in [2.24, 2.45) is 0 Å². The maximum absolute atomic E-state index is 6.83. The van der Waals surface area contributed by atoms with Gasteiger partial charge in [0.05, 0.1) is 27.8 Å². The van der Waals surface area contributed by atoms with Crippen LogP contribution in [0.1, 0.15) is 0 Å². The smallest absolute Gasteiger partial charge is 0.160 e. The Morgan fingerprint density at radius 3 is 1.70 bits per heavy atom. The summed E-state index contributed by atoms with van der Waals surface area (Å²) in [6.07, 6.45) is 0. The number of furan rings is 2. The summed E-state index contributed by atoms with van der Waals surface area (Å²) in [6, 6.07) is 65.3. The second-order valence-electron chi connectivity index (χ2n) is 14.8. The fourth-order valence-electron chi connectivity index (χ4n) is 9.51. The molecule has 0 spiro atoms. The summed E-state index contributed by atoms with van der Waals surface area (Å²) in [6.45, 7) is 0. The van der Waals surface area contributed by atoms with Gasteiger partial charge in [-0.1, -0.05) is 121 Å². The molecule has 0 aliphatic heterocycles. The molecule has 13 rings (SSSR count). The molecule has 4 aromatic heterocycles. The molecule has 0 unspecified atom stereocenters. The van der Waals surface area contributed by atoms with Gasteiger partial charge in [-0.15, -0.1) is 0 Å². The number of aromatic nitrogens is 2. The minimum absolute atomic E-state index is 0.880. The van der Waals surface area contributed by atoms with Crippen LogP contribution in [0.15, 0.2) is 191 Å². The molecule has 56 heavy (non-hydrogen) atoms. The standard InChI is InChI=1S/C52H30N2O2/c1-2-15-33(16-3-1)53-44-23-11-7-21-40(44)48-41(30-42-37-20-9-13-25-47(37)56-52(42)50(48)53)32-28-31-14-4-5-17-34(31)45(29-32)54-43-22-10-6-18-35(43)38-26-27-39-36-19-8-12-24-46(36)55-51(39)49(38)54/h1-30H. The van der Waals surface area contributed by atoms with Crippen molar-refractivity contribution in [2.75, 3.05) is 0 Å². The van der Waals surface area contributed by atoms with Gasteiger partial charge >= 0.3 is 0 Å². The van der Waals surface area contributed by atoms with E-state index in [1.807, 2.05) is 6.07 Å². The van der Waals surface area contributed by atoms with E-state index < -0.39 is 0 Å². The molecule has 260 valence electrons. The average molecular weight is 715 g/mol. The number of fused-ring (bicyclic) bond motifs is 15. The van der Waals surface area contributed by atoms with Gasteiger partial charge in [0.1, 0.15) is 11.2 Å². The molecule has 4 heteroatoms. The highest BCUT2D eigenvalue weighted by atomic mass is 16.3. The van der Waals surface area contributed by atoms with Crippen molar-refractivity contribution in [1.82, 2.24) is 9.13 Å². The van der Waals surface area contributed by atoms with E-state index in [0.29, 0.717) is 0 Å². The Balaban J connectivity index is 1.22. The Morgan fingerprint density at radius 1 is 0.357 bits per heavy atom. The van der Waals surface area contributed by atoms with Crippen molar-refractivity contribution in [1.29, 1.82) is 0 Å². The summed E-state index contributed by atoms with van der Waals surface area (Å²) in [7, 11) is 0. The third kappa shape index (κ3) is 3.92. The maximum Gasteiger partial charge on any atom is 0.160 e. The van der Waals surface area contributed by atoms with Crippen LogP contribution in [-0.4, -0.2) is 9.13 Å². The van der Waals surface area contributed by atoms with Gasteiger partial charge < -0.3 is 18.0 Å². The summed E-state index contributed by atoms with van der Waals surface area (Å²) in [4.78, 5) is 0. The van der Waals surface area contributed by atoms with E-state index in [9.17, 15) is 0 Å². The van der Waals surface area contributed by atoms with E-state index in [2.05, 4.69) is 185 Å². The third-order valence-electron chi connectivity index (χ3n) is 11.9. The van der Waals surface area contributed by atoms with Crippen molar-refractivity contribution < 1.29 is 8.83 Å². The molecule has 0 fully saturated rings. The molecule has 4 heterocycles. The van der Waals surface area contributed by atoms with Crippen LogP contribution in [0.3, 0.4) is 0 Å². The molecule has 0 amide bonds. The zero-order chi connectivity index (χ0) is 36.5. The van der Waals surface area contributed by atoms with Crippen LogP contribution in [0.2, 0.25) is 0 Å². The van der Waals surface area contributed by atoms with Crippen LogP contribution in [-0.2, 0) is 0 Å². The number of rotatable bonds is 3. The quantitative estimate of drug-likeness (QED) is 0.183. The van der Waals surface area contributed by atoms with Gasteiger partial charge in [0, 0.05) is 54.2 Å². The molecule has 0 N–H and O–H groups in total. The van der Waals surface area contributed by atoms with Crippen LogP contribution in [0.25, 0.3) is 121 Å². The predicted molar refractivity (Wildman–Crippen MR) is 233 cm³/mol. The number of hydrogen-bond acceptors (Lipinski definition) is 2. The SMILES string of the molecule is c1ccc(-n2c3ccccc3c3c(-c4cc(-n5c6ccccc6c6ccc7c8ccccc8oc7c65)c5ccccc5c4)cc4c5ccccc5oc4c32)cc1. The molecule has 0 bridgehead atoms. The number of nitrogens with zero attached hydrogens (tertiary/aromatic N) is 2. The topological polar surface area (TPSA) is 36.1 Å². The largest absolute Gasteiger partial charge is 0.454 e. The van der Waals surface area contributed by atoms with Crippen molar-refractivity contribution >= 4 is 98.3 Å². The van der Waals surface area contributed by atoms with Gasteiger partial charge in [0.2, 0.25) is 0 Å². The lowest BCUT2D eigenvalue weighted by molar-refractivity contribution is 0.670. The molecule has 0 radical (unpaired) electrons. The molecular formula is C52H30N2O2. The fraction of sp³-hybridized carbons (Fsp3) is 0. The molecule has 0 saturated carbocycles. The van der Waals surface area contributed by atoms with Crippen molar-refractivity contribution in [3.8, 4) is 22.5 Å². The van der Waals surface area contributed by atoms with Gasteiger partial charge in [-0.2, -0.15) is 0 Å². The lowest BCUT2D eigenvalue weighted by atomic mass is 9.94. The van der Waals surface area contributed by atoms with Crippen molar-refractivity contribution in [2.45, 2.75) is 0 Å². The van der Waals surface area contributed by atoms with Crippen LogP contribution in [0, 0.1) is 0 Å². The second kappa shape index (κ2) is 11.0. The number of hydrogen-bond donors (Lipinski definition) is 0. The highest BCUT2D eigenvalue weighted by Gasteiger charge is 2.25. The zero-order valence-corrected chi connectivity index (χ0v) is 30.0. The van der Waals surface area contributed by atoms with Crippen LogP contribution in [0.4, 0.5) is 0 Å². The van der Waals surface area contributed by atoms with E-state index in [1.165, 1.54) is 32.3 Å². The Hall–Kier alpha value is -7.56. The molecule has 9 aromatic carbocycles. The van der Waals surface area contributed by atoms with Crippen LogP contribution in [0.5, 0.6) is 0 Å². The second-order valence-corrected chi connectivity index (χ2v) is 14.8. The highest BCUT2D eigenvalue weighted by molar-refractivity contribution is 6.27. The zero-order valence-electron chi connectivity index (χ0n) is 30.0. The van der Waals surface area contributed by atoms with E-state index in [1.54, 1.807) is 0 Å². The summed E-state index contributed by atoms with van der Waals surface area (Å²) in [5.41, 5.74) is 12.5. The van der Waals surface area contributed by atoms with E-state index in [4.69, 9.17) is 8.83 Å². The highest BCUT2D eigenvalue weighted by Crippen LogP contribution is 2.47. The minimum Gasteiger partial charge on any atom is -0.454 e. The Bertz CT molecular complexity index is 3760. The Labute approximate surface area is 319 Å². The van der Waals surface area contributed by atoms with Gasteiger partial charge in [-0.3, -0.25) is 0 Å². The van der Waals surface area contributed by atoms with Crippen molar-refractivity contribution in [3.63, 3.8) is 0 Å². The van der Waals surface area contributed by atoms with E-state index in [-0.39, 0.29) is 0 Å².